The molecule has 94 valence electrons. The van der Waals surface area contributed by atoms with Crippen molar-refractivity contribution in [1.82, 2.24) is 0 Å². The molecule has 1 aliphatic carbocycles. The van der Waals surface area contributed by atoms with Crippen LogP contribution in [0.15, 0.2) is 24.3 Å². The largest absolute Gasteiger partial charge is 0.336 e. The van der Waals surface area contributed by atoms with E-state index < -0.39 is 0 Å². The van der Waals surface area contributed by atoms with Crippen molar-refractivity contribution < 1.29 is 91.0 Å². The standard InChI is InChI=1S/C12H14.CH3OP.W.2Y/c1-2-10-7-8-11-5-3-4-6-12(11)9-10;1-3-2;;;/h2-6,9-10H,7-8H2,1H3;1H3;;;/q-2;;;;. The number of rotatable bonds is 1. The number of benzene rings is 1. The molecule has 2 radical (unpaired) electrons. The van der Waals surface area contributed by atoms with Crippen LogP contribution in [0, 0.1) is 18.8 Å². The van der Waals surface area contributed by atoms with Crippen molar-refractivity contribution in [2.45, 2.75) is 19.8 Å². The van der Waals surface area contributed by atoms with E-state index in [1.54, 1.807) is 6.66 Å². The summed E-state index contributed by atoms with van der Waals surface area (Å²) in [5.74, 6) is 0.694. The summed E-state index contributed by atoms with van der Waals surface area (Å²) < 4.78 is 8.90. The van der Waals surface area contributed by atoms with Crippen molar-refractivity contribution in [2.75, 3.05) is 6.66 Å². The summed E-state index contributed by atoms with van der Waals surface area (Å²) in [7, 11) is 0.167. The van der Waals surface area contributed by atoms with Gasteiger partial charge in [0.05, 0.1) is 0 Å². The fraction of sp³-hybridized carbons (Fsp3) is 0.385. The van der Waals surface area contributed by atoms with Crippen LogP contribution in [-0.4, -0.2) is 6.66 Å². The maximum atomic E-state index is 8.90. The molecule has 18 heavy (non-hydrogen) atoms. The van der Waals surface area contributed by atoms with Gasteiger partial charge in [-0.25, -0.2) is 6.42 Å². The minimum Gasteiger partial charge on any atom is -0.336 e. The van der Waals surface area contributed by atoms with Gasteiger partial charge in [0.15, 0.2) is 8.46 Å². The van der Waals surface area contributed by atoms with Crippen LogP contribution in [0.25, 0.3) is 0 Å². The number of fused-ring (bicyclic) bond motifs is 1. The van der Waals surface area contributed by atoms with Gasteiger partial charge >= 0.3 is 0 Å². The molecule has 0 bridgehead atoms. The van der Waals surface area contributed by atoms with Crippen LogP contribution < -0.4 is 0 Å². The molecule has 0 saturated heterocycles. The summed E-state index contributed by atoms with van der Waals surface area (Å²) in [6.45, 7) is 3.69. The second kappa shape index (κ2) is 15.5. The fourth-order valence-electron chi connectivity index (χ4n) is 1.82. The number of hydrogen-bond acceptors (Lipinski definition) is 1. The van der Waals surface area contributed by atoms with Gasteiger partial charge in [0.1, 0.15) is 0 Å². The van der Waals surface area contributed by atoms with Crippen LogP contribution in [0.1, 0.15) is 24.5 Å². The first-order valence-corrected chi connectivity index (χ1v) is 6.51. The molecule has 0 saturated carbocycles. The first-order valence-electron chi connectivity index (χ1n) is 5.25. The molecule has 0 aliphatic heterocycles. The predicted molar refractivity (Wildman–Crippen MR) is 65.2 cm³/mol. The third-order valence-corrected chi connectivity index (χ3v) is 2.62. The molecule has 0 fully saturated rings. The van der Waals surface area contributed by atoms with E-state index in [0.717, 1.165) is 0 Å². The third kappa shape index (κ3) is 9.10. The minimum atomic E-state index is 0. The van der Waals surface area contributed by atoms with Crippen LogP contribution in [-0.2, 0) is 97.5 Å². The molecule has 1 unspecified atom stereocenters. The monoisotopic (exact) mass is 582 g/mol. The van der Waals surface area contributed by atoms with Gasteiger partial charge in [0.25, 0.3) is 0 Å². The summed E-state index contributed by atoms with van der Waals surface area (Å²) in [4.78, 5) is 0. The van der Waals surface area contributed by atoms with Crippen LogP contribution in [0.5, 0.6) is 0 Å². The van der Waals surface area contributed by atoms with Gasteiger partial charge in [0, 0.05) is 93.1 Å². The van der Waals surface area contributed by atoms with Crippen molar-refractivity contribution in [3.63, 3.8) is 0 Å². The molecule has 0 heterocycles. The molecule has 1 atom stereocenters. The summed E-state index contributed by atoms with van der Waals surface area (Å²) in [5, 5.41) is 0. The molecule has 1 aliphatic rings. The SMILES string of the molecule is CP=O.C[CH-]C1[CH-]c2ccccc2CC1.[W].[Y].[Y]. The van der Waals surface area contributed by atoms with E-state index in [1.807, 2.05) is 0 Å². The van der Waals surface area contributed by atoms with E-state index in [9.17, 15) is 0 Å². The molecule has 0 amide bonds. The van der Waals surface area contributed by atoms with Crippen molar-refractivity contribution >= 4 is 8.46 Å². The molecule has 0 aromatic heterocycles. The maximum Gasteiger partial charge on any atom is 0.151 e. The first kappa shape index (κ1) is 25.1. The third-order valence-electron chi connectivity index (χ3n) is 2.62. The van der Waals surface area contributed by atoms with Gasteiger partial charge in [-0.2, -0.15) is 24.5 Å². The Morgan fingerprint density at radius 2 is 1.89 bits per heavy atom. The van der Waals surface area contributed by atoms with E-state index in [2.05, 4.69) is 44.0 Å². The van der Waals surface area contributed by atoms with Crippen LogP contribution in [0.2, 0.25) is 0 Å². The average molecular weight is 582 g/mol. The Labute approximate surface area is 177 Å². The molecule has 0 N–H and O–H groups in total. The van der Waals surface area contributed by atoms with Crippen LogP contribution >= 0.6 is 8.46 Å². The summed E-state index contributed by atoms with van der Waals surface area (Å²) in [5.41, 5.74) is 2.95. The number of hydrogen-bond donors (Lipinski definition) is 0. The van der Waals surface area contributed by atoms with Crippen LogP contribution in [0.4, 0.5) is 0 Å². The minimum absolute atomic E-state index is 0. The average Bonchev–Trinajstić information content (AvgIpc) is 2.29. The van der Waals surface area contributed by atoms with Gasteiger partial charge in [-0.3, -0.25) is 4.57 Å². The van der Waals surface area contributed by atoms with Gasteiger partial charge in [-0.1, -0.05) is 18.9 Å². The van der Waals surface area contributed by atoms with Gasteiger partial charge in [0.2, 0.25) is 0 Å². The summed E-state index contributed by atoms with van der Waals surface area (Å²) in [6, 6.07) is 8.69. The summed E-state index contributed by atoms with van der Waals surface area (Å²) >= 11 is 0. The van der Waals surface area contributed by atoms with E-state index in [4.69, 9.17) is 4.57 Å². The molecule has 1 aromatic carbocycles. The molecule has 2 rings (SSSR count). The van der Waals surface area contributed by atoms with Crippen LogP contribution in [0.3, 0.4) is 0 Å². The van der Waals surface area contributed by atoms with E-state index in [-0.39, 0.29) is 94.9 Å². The quantitative estimate of drug-likeness (QED) is 0.363. The van der Waals surface area contributed by atoms with Gasteiger partial charge in [-0.05, 0) is 0 Å². The smallest absolute Gasteiger partial charge is 0.151 e. The summed E-state index contributed by atoms with van der Waals surface area (Å²) in [6.07, 6.45) is 7.18. The predicted octanol–water partition coefficient (Wildman–Crippen LogP) is 3.93. The molecular weight excluding hydrogens is 565 g/mol. The van der Waals surface area contributed by atoms with Gasteiger partial charge in [-0.15, -0.1) is 17.7 Å². The Morgan fingerprint density at radius 1 is 1.33 bits per heavy atom. The topological polar surface area (TPSA) is 17.1 Å². The Bertz CT molecular complexity index is 324. The van der Waals surface area contributed by atoms with Crippen molar-refractivity contribution in [3.05, 3.63) is 48.2 Å². The number of aryl methyl sites for hydroxylation is 1. The molecule has 1 aromatic rings. The van der Waals surface area contributed by atoms with Gasteiger partial charge < -0.3 is 6.42 Å². The fourth-order valence-corrected chi connectivity index (χ4v) is 1.82. The van der Waals surface area contributed by atoms with Crippen molar-refractivity contribution in [2.24, 2.45) is 5.92 Å². The van der Waals surface area contributed by atoms with Crippen molar-refractivity contribution in [3.8, 4) is 0 Å². The zero-order valence-corrected chi connectivity index (χ0v) is 20.4. The zero-order chi connectivity index (χ0) is 11.1. The van der Waals surface area contributed by atoms with E-state index in [1.165, 1.54) is 24.0 Å². The Balaban J connectivity index is -0.000000345. The second-order valence-corrected chi connectivity index (χ2v) is 3.95. The van der Waals surface area contributed by atoms with Crippen molar-refractivity contribution in [1.29, 1.82) is 0 Å². The van der Waals surface area contributed by atoms with E-state index in [0.29, 0.717) is 5.92 Å². The Morgan fingerprint density at radius 3 is 2.44 bits per heavy atom. The first-order chi connectivity index (χ1) is 7.31. The normalized spacial score (nSPS) is 15.3. The van der Waals surface area contributed by atoms with E-state index >= 15 is 0 Å². The molecule has 0 spiro atoms. The second-order valence-electron chi connectivity index (χ2n) is 3.58. The maximum absolute atomic E-state index is 8.90. The molecule has 5 heteroatoms. The Kier molecular flexibility index (Phi) is 21.5. The molecule has 1 nitrogen and oxygen atoms in total. The molecular formula is C13H17OPWY2-2. The zero-order valence-electron chi connectivity index (χ0n) is 10.9. The Hall–Kier alpha value is 2.09.